The standard InChI is InChI=1S/C13H17N3O3/c14-10-1-2-11-9(7-10)8-12(15-11)13(19)16(3-5-17)4-6-18/h1-2,7-8,15,17-18H,3-6,14H2. The lowest BCUT2D eigenvalue weighted by molar-refractivity contribution is 0.0680. The number of rotatable bonds is 5. The van der Waals surface area contributed by atoms with Gasteiger partial charge in [-0.25, -0.2) is 0 Å². The Morgan fingerprint density at radius 3 is 2.53 bits per heavy atom. The van der Waals surface area contributed by atoms with Crippen molar-refractivity contribution in [1.82, 2.24) is 9.88 Å². The molecule has 0 aliphatic carbocycles. The van der Waals surface area contributed by atoms with Crippen LogP contribution < -0.4 is 5.73 Å². The van der Waals surface area contributed by atoms with Crippen LogP contribution in [0.4, 0.5) is 5.69 Å². The zero-order valence-corrected chi connectivity index (χ0v) is 10.5. The number of carbonyl (C=O) groups excluding carboxylic acids is 1. The molecule has 0 aliphatic heterocycles. The summed E-state index contributed by atoms with van der Waals surface area (Å²) in [6, 6.07) is 7.07. The molecular weight excluding hydrogens is 246 g/mol. The van der Waals surface area contributed by atoms with Gasteiger partial charge in [0.05, 0.1) is 13.2 Å². The van der Waals surface area contributed by atoms with Crippen LogP contribution >= 0.6 is 0 Å². The summed E-state index contributed by atoms with van der Waals surface area (Å²) in [5, 5.41) is 18.7. The molecule has 0 bridgehead atoms. The maximum Gasteiger partial charge on any atom is 0.270 e. The number of hydrogen-bond acceptors (Lipinski definition) is 4. The number of aromatic nitrogens is 1. The molecule has 0 saturated heterocycles. The molecule has 2 rings (SSSR count). The number of nitrogens with zero attached hydrogens (tertiary/aromatic N) is 1. The highest BCUT2D eigenvalue weighted by molar-refractivity contribution is 5.98. The maximum atomic E-state index is 12.2. The van der Waals surface area contributed by atoms with Gasteiger partial charge in [-0.05, 0) is 24.3 Å². The van der Waals surface area contributed by atoms with Crippen LogP contribution in [0.1, 0.15) is 10.5 Å². The first-order valence-corrected chi connectivity index (χ1v) is 6.05. The quantitative estimate of drug-likeness (QED) is 0.578. The molecule has 0 aliphatic rings. The molecule has 0 saturated carbocycles. The monoisotopic (exact) mass is 263 g/mol. The highest BCUT2D eigenvalue weighted by atomic mass is 16.3. The fourth-order valence-corrected chi connectivity index (χ4v) is 1.99. The Bertz CT molecular complexity index is 574. The Hall–Kier alpha value is -2.05. The topological polar surface area (TPSA) is 103 Å². The van der Waals surface area contributed by atoms with Gasteiger partial charge in [-0.3, -0.25) is 4.79 Å². The van der Waals surface area contributed by atoms with Gasteiger partial charge in [0.15, 0.2) is 0 Å². The number of fused-ring (bicyclic) bond motifs is 1. The number of carbonyl (C=O) groups is 1. The number of nitrogen functional groups attached to an aromatic ring is 1. The first-order valence-electron chi connectivity index (χ1n) is 6.05. The number of anilines is 1. The average Bonchev–Trinajstić information content (AvgIpc) is 2.80. The lowest BCUT2D eigenvalue weighted by atomic mass is 10.2. The van der Waals surface area contributed by atoms with Crippen molar-refractivity contribution in [3.05, 3.63) is 30.0 Å². The molecular formula is C13H17N3O3. The molecule has 1 aromatic heterocycles. The Kier molecular flexibility index (Phi) is 4.03. The summed E-state index contributed by atoms with van der Waals surface area (Å²) >= 11 is 0. The second kappa shape index (κ2) is 5.73. The Morgan fingerprint density at radius 2 is 1.89 bits per heavy atom. The molecule has 5 N–H and O–H groups in total. The molecule has 1 heterocycles. The van der Waals surface area contributed by atoms with Crippen LogP contribution in [0, 0.1) is 0 Å². The molecule has 6 heteroatoms. The van der Waals surface area contributed by atoms with E-state index in [0.29, 0.717) is 11.4 Å². The Morgan fingerprint density at radius 1 is 1.21 bits per heavy atom. The molecule has 0 radical (unpaired) electrons. The van der Waals surface area contributed by atoms with Crippen molar-refractivity contribution in [1.29, 1.82) is 0 Å². The summed E-state index contributed by atoms with van der Waals surface area (Å²) in [4.78, 5) is 16.6. The Labute approximate surface area is 110 Å². The van der Waals surface area contributed by atoms with Crippen molar-refractivity contribution in [3.63, 3.8) is 0 Å². The van der Waals surface area contributed by atoms with Crippen LogP contribution in [0.5, 0.6) is 0 Å². The second-order valence-electron chi connectivity index (χ2n) is 4.27. The summed E-state index contributed by atoms with van der Waals surface area (Å²) in [5.74, 6) is -0.252. The summed E-state index contributed by atoms with van der Waals surface area (Å²) < 4.78 is 0. The fraction of sp³-hybridized carbons (Fsp3) is 0.308. The molecule has 0 fully saturated rings. The first kappa shape index (κ1) is 13.4. The highest BCUT2D eigenvalue weighted by Crippen LogP contribution is 2.19. The average molecular weight is 263 g/mol. The van der Waals surface area contributed by atoms with Gasteiger partial charge in [0.2, 0.25) is 0 Å². The van der Waals surface area contributed by atoms with Gasteiger partial charge in [0.25, 0.3) is 5.91 Å². The smallest absolute Gasteiger partial charge is 0.270 e. The summed E-state index contributed by atoms with van der Waals surface area (Å²) in [7, 11) is 0. The lowest BCUT2D eigenvalue weighted by Gasteiger charge is -2.19. The third-order valence-corrected chi connectivity index (χ3v) is 2.90. The minimum Gasteiger partial charge on any atom is -0.399 e. The SMILES string of the molecule is Nc1ccc2[nH]c(C(=O)N(CCO)CCO)cc2c1. The zero-order valence-electron chi connectivity index (χ0n) is 10.5. The lowest BCUT2D eigenvalue weighted by Crippen LogP contribution is -2.36. The summed E-state index contributed by atoms with van der Waals surface area (Å²) in [5.41, 5.74) is 7.57. The third kappa shape index (κ3) is 2.86. The van der Waals surface area contributed by atoms with E-state index in [-0.39, 0.29) is 32.2 Å². The molecule has 19 heavy (non-hydrogen) atoms. The number of hydrogen-bond donors (Lipinski definition) is 4. The number of nitrogens with two attached hydrogens (primary N) is 1. The van der Waals surface area contributed by atoms with E-state index < -0.39 is 0 Å². The molecule has 0 spiro atoms. The van der Waals surface area contributed by atoms with Gasteiger partial charge in [-0.15, -0.1) is 0 Å². The van der Waals surface area contributed by atoms with Crippen LogP contribution in [0.3, 0.4) is 0 Å². The van der Waals surface area contributed by atoms with Gasteiger partial charge >= 0.3 is 0 Å². The normalized spacial score (nSPS) is 10.8. The van der Waals surface area contributed by atoms with E-state index in [9.17, 15) is 4.79 Å². The van der Waals surface area contributed by atoms with Crippen molar-refractivity contribution in [2.75, 3.05) is 32.0 Å². The van der Waals surface area contributed by atoms with E-state index in [0.717, 1.165) is 10.9 Å². The van der Waals surface area contributed by atoms with Gasteiger partial charge in [-0.2, -0.15) is 0 Å². The van der Waals surface area contributed by atoms with Gasteiger partial charge in [0, 0.05) is 29.7 Å². The molecule has 0 atom stereocenters. The van der Waals surface area contributed by atoms with Crippen molar-refractivity contribution in [2.45, 2.75) is 0 Å². The maximum absolute atomic E-state index is 12.2. The molecule has 1 aromatic carbocycles. The highest BCUT2D eigenvalue weighted by Gasteiger charge is 2.16. The number of nitrogens with one attached hydrogen (secondary N) is 1. The molecule has 6 nitrogen and oxygen atoms in total. The predicted octanol–water partition coefficient (Wildman–Crippen LogP) is 0.177. The predicted molar refractivity (Wildman–Crippen MR) is 72.8 cm³/mol. The van der Waals surface area contributed by atoms with Crippen LogP contribution in [0.15, 0.2) is 24.3 Å². The number of aromatic amines is 1. The van der Waals surface area contributed by atoms with Crippen LogP contribution in [-0.4, -0.2) is 52.3 Å². The summed E-state index contributed by atoms with van der Waals surface area (Å²) in [6.07, 6.45) is 0. The van der Waals surface area contributed by atoms with Crippen LogP contribution in [0.25, 0.3) is 10.9 Å². The van der Waals surface area contributed by atoms with Crippen molar-refractivity contribution in [2.24, 2.45) is 0 Å². The van der Waals surface area contributed by atoms with E-state index >= 15 is 0 Å². The number of aliphatic hydroxyl groups excluding tert-OH is 2. The van der Waals surface area contributed by atoms with Crippen LogP contribution in [0.2, 0.25) is 0 Å². The fourth-order valence-electron chi connectivity index (χ4n) is 1.99. The molecule has 1 amide bonds. The number of benzene rings is 1. The molecule has 0 unspecified atom stereocenters. The van der Waals surface area contributed by atoms with Crippen molar-refractivity contribution in [3.8, 4) is 0 Å². The van der Waals surface area contributed by atoms with E-state index in [1.165, 1.54) is 4.90 Å². The Balaban J connectivity index is 2.29. The van der Waals surface area contributed by atoms with E-state index in [1.54, 1.807) is 18.2 Å². The first-order chi connectivity index (χ1) is 9.15. The van der Waals surface area contributed by atoms with E-state index in [2.05, 4.69) is 4.98 Å². The van der Waals surface area contributed by atoms with Gasteiger partial charge < -0.3 is 25.8 Å². The van der Waals surface area contributed by atoms with E-state index in [1.807, 2.05) is 6.07 Å². The molecule has 2 aromatic rings. The zero-order chi connectivity index (χ0) is 13.8. The minimum absolute atomic E-state index is 0.140. The van der Waals surface area contributed by atoms with Crippen molar-refractivity contribution < 1.29 is 15.0 Å². The van der Waals surface area contributed by atoms with E-state index in [4.69, 9.17) is 15.9 Å². The minimum atomic E-state index is -0.252. The third-order valence-electron chi connectivity index (χ3n) is 2.90. The number of amides is 1. The second-order valence-corrected chi connectivity index (χ2v) is 4.27. The van der Waals surface area contributed by atoms with Crippen LogP contribution in [-0.2, 0) is 0 Å². The number of H-pyrrole nitrogens is 1. The van der Waals surface area contributed by atoms with Gasteiger partial charge in [0.1, 0.15) is 5.69 Å². The molecule has 102 valence electrons. The largest absolute Gasteiger partial charge is 0.399 e. The van der Waals surface area contributed by atoms with Crippen molar-refractivity contribution >= 4 is 22.5 Å². The number of aliphatic hydroxyl groups is 2. The van der Waals surface area contributed by atoms with Gasteiger partial charge in [-0.1, -0.05) is 0 Å². The summed E-state index contributed by atoms with van der Waals surface area (Å²) in [6.45, 7) is 0.103.